The van der Waals surface area contributed by atoms with E-state index in [1.165, 1.54) is 12.1 Å². The quantitative estimate of drug-likeness (QED) is 0.701. The maximum absolute atomic E-state index is 13.2. The van der Waals surface area contributed by atoms with Crippen LogP contribution in [0.15, 0.2) is 82.9 Å². The summed E-state index contributed by atoms with van der Waals surface area (Å²) >= 11 is 5.99. The van der Waals surface area contributed by atoms with Crippen LogP contribution in [0.4, 0.5) is 10.1 Å². The fourth-order valence-corrected chi connectivity index (χ4v) is 2.78. The van der Waals surface area contributed by atoms with Crippen molar-refractivity contribution >= 4 is 28.8 Å². The summed E-state index contributed by atoms with van der Waals surface area (Å²) in [4.78, 5) is 4.67. The van der Waals surface area contributed by atoms with Gasteiger partial charge < -0.3 is 0 Å². The van der Waals surface area contributed by atoms with Gasteiger partial charge in [-0.3, -0.25) is 5.43 Å². The van der Waals surface area contributed by atoms with Gasteiger partial charge in [-0.2, -0.15) is 5.10 Å². The van der Waals surface area contributed by atoms with Crippen molar-refractivity contribution in [3.63, 3.8) is 0 Å². The first-order valence-corrected chi connectivity index (χ1v) is 8.12. The predicted molar refractivity (Wildman–Crippen MR) is 99.3 cm³/mol. The minimum absolute atomic E-state index is 0.288. The molecule has 3 nitrogen and oxygen atoms in total. The molecule has 1 aliphatic heterocycles. The van der Waals surface area contributed by atoms with E-state index >= 15 is 0 Å². The molecule has 3 aromatic carbocycles. The van der Waals surface area contributed by atoms with E-state index < -0.39 is 0 Å². The third-order valence-electron chi connectivity index (χ3n) is 3.90. The van der Waals surface area contributed by atoms with Gasteiger partial charge in [-0.15, -0.1) is 0 Å². The molecule has 0 aromatic heterocycles. The van der Waals surface area contributed by atoms with E-state index in [4.69, 9.17) is 11.6 Å². The van der Waals surface area contributed by atoms with Crippen LogP contribution in [0.25, 0.3) is 0 Å². The molecule has 0 spiro atoms. The Balaban J connectivity index is 1.83. The van der Waals surface area contributed by atoms with Crippen LogP contribution in [0.3, 0.4) is 0 Å². The molecular weight excluding hydrogens is 337 g/mol. The number of hydrazone groups is 1. The Kier molecular flexibility index (Phi) is 4.04. The molecule has 0 unspecified atom stereocenters. The fraction of sp³-hybridized carbons (Fsp3) is 0. The summed E-state index contributed by atoms with van der Waals surface area (Å²) < 4.78 is 13.2. The van der Waals surface area contributed by atoms with Gasteiger partial charge in [-0.1, -0.05) is 41.9 Å². The van der Waals surface area contributed by atoms with E-state index in [1.807, 2.05) is 48.5 Å². The molecule has 0 radical (unpaired) electrons. The molecular formula is C20H13ClFN3. The lowest BCUT2D eigenvalue weighted by molar-refractivity contribution is 0.627. The lowest BCUT2D eigenvalue weighted by Gasteiger charge is -2.07. The molecule has 25 heavy (non-hydrogen) atoms. The Bertz CT molecular complexity index is 977. The number of aliphatic imine (C=N–C) groups is 1. The SMILES string of the molecule is Fc1ccc(C2=Nc3ccccc3C(c3ccc(Cl)cc3)=NN2)cc1. The zero-order chi connectivity index (χ0) is 17.2. The Morgan fingerprint density at radius 2 is 1.48 bits per heavy atom. The largest absolute Gasteiger partial charge is 0.260 e. The molecule has 122 valence electrons. The molecule has 0 saturated heterocycles. The Hall–Kier alpha value is -2.98. The zero-order valence-electron chi connectivity index (χ0n) is 13.1. The van der Waals surface area contributed by atoms with Crippen molar-refractivity contribution in [1.29, 1.82) is 0 Å². The first kappa shape index (κ1) is 15.5. The first-order chi connectivity index (χ1) is 12.2. The summed E-state index contributed by atoms with van der Waals surface area (Å²) in [5.74, 6) is 0.278. The molecule has 3 aromatic rings. The van der Waals surface area contributed by atoms with Gasteiger partial charge in [-0.05, 0) is 42.5 Å². The standard InChI is InChI=1S/C20H13ClFN3/c21-15-9-5-13(6-10-15)19-17-3-1-2-4-18(17)23-20(25-24-19)14-7-11-16(22)12-8-14/h1-12H,(H,23,25). The van der Waals surface area contributed by atoms with Gasteiger partial charge >= 0.3 is 0 Å². The van der Waals surface area contributed by atoms with Gasteiger partial charge in [-0.25, -0.2) is 9.38 Å². The molecule has 0 aliphatic carbocycles. The van der Waals surface area contributed by atoms with Crippen LogP contribution >= 0.6 is 11.6 Å². The number of amidine groups is 1. The summed E-state index contributed by atoms with van der Waals surface area (Å²) in [5.41, 5.74) is 7.18. The van der Waals surface area contributed by atoms with Crippen LogP contribution in [0.2, 0.25) is 5.02 Å². The molecule has 1 heterocycles. The molecule has 1 N–H and O–H groups in total. The van der Waals surface area contributed by atoms with Crippen molar-refractivity contribution < 1.29 is 4.39 Å². The van der Waals surface area contributed by atoms with Gasteiger partial charge in [0.05, 0.1) is 11.4 Å². The number of halogens is 2. The molecule has 0 bridgehead atoms. The second kappa shape index (κ2) is 6.49. The Morgan fingerprint density at radius 3 is 2.24 bits per heavy atom. The van der Waals surface area contributed by atoms with Crippen LogP contribution in [0.1, 0.15) is 16.7 Å². The molecule has 5 heteroatoms. The van der Waals surface area contributed by atoms with E-state index in [0.717, 1.165) is 28.1 Å². The summed E-state index contributed by atoms with van der Waals surface area (Å²) in [5, 5.41) is 5.21. The number of hydrogen-bond acceptors (Lipinski definition) is 3. The zero-order valence-corrected chi connectivity index (χ0v) is 13.8. The minimum atomic E-state index is -0.288. The maximum atomic E-state index is 13.2. The van der Waals surface area contributed by atoms with Crippen LogP contribution in [0, 0.1) is 5.82 Å². The smallest absolute Gasteiger partial charge is 0.154 e. The number of para-hydroxylation sites is 1. The topological polar surface area (TPSA) is 36.8 Å². The predicted octanol–water partition coefficient (Wildman–Crippen LogP) is 4.91. The van der Waals surface area contributed by atoms with Crippen molar-refractivity contribution in [1.82, 2.24) is 5.43 Å². The van der Waals surface area contributed by atoms with Crippen molar-refractivity contribution in [3.05, 3.63) is 100 Å². The van der Waals surface area contributed by atoms with Gasteiger partial charge in [0.15, 0.2) is 5.84 Å². The molecule has 0 saturated carbocycles. The van der Waals surface area contributed by atoms with E-state index in [-0.39, 0.29) is 5.82 Å². The van der Waals surface area contributed by atoms with Crippen LogP contribution in [-0.4, -0.2) is 11.5 Å². The Labute approximate surface area is 149 Å². The van der Waals surface area contributed by atoms with E-state index in [1.54, 1.807) is 12.1 Å². The third kappa shape index (κ3) is 3.16. The van der Waals surface area contributed by atoms with Gasteiger partial charge in [0, 0.05) is 21.7 Å². The lowest BCUT2D eigenvalue weighted by atomic mass is 10.0. The van der Waals surface area contributed by atoms with Crippen LogP contribution in [0.5, 0.6) is 0 Å². The molecule has 0 fully saturated rings. The average molecular weight is 350 g/mol. The third-order valence-corrected chi connectivity index (χ3v) is 4.15. The fourth-order valence-electron chi connectivity index (χ4n) is 2.65. The highest BCUT2D eigenvalue weighted by molar-refractivity contribution is 6.30. The van der Waals surface area contributed by atoms with Crippen molar-refractivity contribution in [3.8, 4) is 0 Å². The number of hydrogen-bond donors (Lipinski definition) is 1. The lowest BCUT2D eigenvalue weighted by Crippen LogP contribution is -2.19. The van der Waals surface area contributed by atoms with E-state index in [9.17, 15) is 4.39 Å². The van der Waals surface area contributed by atoms with Gasteiger partial charge in [0.1, 0.15) is 5.82 Å². The second-order valence-corrected chi connectivity index (χ2v) is 6.00. The number of nitrogens with one attached hydrogen (secondary N) is 1. The van der Waals surface area contributed by atoms with Crippen molar-refractivity contribution in [2.24, 2.45) is 10.1 Å². The number of nitrogens with zero attached hydrogens (tertiary/aromatic N) is 2. The normalized spacial score (nSPS) is 13.2. The monoisotopic (exact) mass is 349 g/mol. The van der Waals surface area contributed by atoms with Crippen LogP contribution < -0.4 is 5.43 Å². The van der Waals surface area contributed by atoms with E-state index in [0.29, 0.717) is 10.9 Å². The molecule has 0 amide bonds. The van der Waals surface area contributed by atoms with Crippen LogP contribution in [-0.2, 0) is 0 Å². The first-order valence-electron chi connectivity index (χ1n) is 7.74. The maximum Gasteiger partial charge on any atom is 0.154 e. The highest BCUT2D eigenvalue weighted by Gasteiger charge is 2.16. The van der Waals surface area contributed by atoms with Gasteiger partial charge in [0.25, 0.3) is 0 Å². The second-order valence-electron chi connectivity index (χ2n) is 5.56. The van der Waals surface area contributed by atoms with Crippen molar-refractivity contribution in [2.45, 2.75) is 0 Å². The number of benzene rings is 3. The van der Waals surface area contributed by atoms with Crippen molar-refractivity contribution in [2.75, 3.05) is 0 Å². The number of fused-ring (bicyclic) bond motifs is 1. The molecule has 4 rings (SSSR count). The average Bonchev–Trinajstić information content (AvgIpc) is 2.83. The van der Waals surface area contributed by atoms with Gasteiger partial charge in [0.2, 0.25) is 0 Å². The number of rotatable bonds is 2. The summed E-state index contributed by atoms with van der Waals surface area (Å²) in [6, 6.07) is 21.4. The highest BCUT2D eigenvalue weighted by Crippen LogP contribution is 2.26. The summed E-state index contributed by atoms with van der Waals surface area (Å²) in [7, 11) is 0. The highest BCUT2D eigenvalue weighted by atomic mass is 35.5. The minimum Gasteiger partial charge on any atom is -0.260 e. The van der Waals surface area contributed by atoms with E-state index in [2.05, 4.69) is 15.5 Å². The summed E-state index contributed by atoms with van der Waals surface area (Å²) in [6.07, 6.45) is 0. The Morgan fingerprint density at radius 1 is 0.800 bits per heavy atom. The summed E-state index contributed by atoms with van der Waals surface area (Å²) in [6.45, 7) is 0. The molecule has 0 atom stereocenters. The molecule has 1 aliphatic rings.